The summed E-state index contributed by atoms with van der Waals surface area (Å²) in [7, 11) is 0. The first-order chi connectivity index (χ1) is 9.74. The molecule has 0 spiro atoms. The van der Waals surface area contributed by atoms with Gasteiger partial charge in [-0.05, 0) is 23.6 Å². The molecule has 2 unspecified atom stereocenters. The van der Waals surface area contributed by atoms with E-state index in [0.29, 0.717) is 6.61 Å². The second-order valence-electron chi connectivity index (χ2n) is 5.04. The standard InChI is InChI=1S/C17H17NO2/c1-12(18-17(19)16-11-20-16)13-7-9-15(10-8-13)14-5-3-2-4-6-14/h2-10,12,16H,11H2,1H3,(H,18,19). The zero-order valence-electron chi connectivity index (χ0n) is 11.4. The van der Waals surface area contributed by atoms with Crippen LogP contribution in [-0.4, -0.2) is 18.6 Å². The van der Waals surface area contributed by atoms with E-state index in [0.717, 1.165) is 5.56 Å². The van der Waals surface area contributed by atoms with Gasteiger partial charge in [-0.1, -0.05) is 54.6 Å². The lowest BCUT2D eigenvalue weighted by Gasteiger charge is -2.14. The van der Waals surface area contributed by atoms with Gasteiger partial charge < -0.3 is 10.1 Å². The summed E-state index contributed by atoms with van der Waals surface area (Å²) in [6, 6.07) is 18.5. The molecule has 0 aliphatic carbocycles. The van der Waals surface area contributed by atoms with Gasteiger partial charge in [-0.3, -0.25) is 4.79 Å². The number of amides is 1. The van der Waals surface area contributed by atoms with Crippen molar-refractivity contribution in [1.29, 1.82) is 0 Å². The van der Waals surface area contributed by atoms with Gasteiger partial charge in [-0.25, -0.2) is 0 Å². The molecule has 2 atom stereocenters. The molecule has 1 saturated heterocycles. The highest BCUT2D eigenvalue weighted by Crippen LogP contribution is 2.22. The molecule has 1 aliphatic heterocycles. The number of nitrogens with one attached hydrogen (secondary N) is 1. The summed E-state index contributed by atoms with van der Waals surface area (Å²) in [5.74, 6) is -0.0235. The fraction of sp³-hybridized carbons (Fsp3) is 0.235. The monoisotopic (exact) mass is 267 g/mol. The average Bonchev–Trinajstić information content (AvgIpc) is 3.33. The van der Waals surface area contributed by atoms with Crippen molar-refractivity contribution in [2.24, 2.45) is 0 Å². The van der Waals surface area contributed by atoms with Gasteiger partial charge in [0.25, 0.3) is 5.91 Å². The van der Waals surface area contributed by atoms with E-state index in [-0.39, 0.29) is 18.1 Å². The Hall–Kier alpha value is -2.13. The number of hydrogen-bond donors (Lipinski definition) is 1. The number of rotatable bonds is 4. The van der Waals surface area contributed by atoms with Gasteiger partial charge in [0.05, 0.1) is 12.6 Å². The fourth-order valence-corrected chi connectivity index (χ4v) is 2.18. The van der Waals surface area contributed by atoms with E-state index in [4.69, 9.17) is 4.74 Å². The predicted molar refractivity (Wildman–Crippen MR) is 78.2 cm³/mol. The van der Waals surface area contributed by atoms with E-state index in [1.807, 2.05) is 25.1 Å². The minimum absolute atomic E-state index is 0.00322. The molecule has 0 radical (unpaired) electrons. The Morgan fingerprint density at radius 2 is 1.70 bits per heavy atom. The van der Waals surface area contributed by atoms with Crippen molar-refractivity contribution in [1.82, 2.24) is 5.32 Å². The number of epoxide rings is 1. The molecule has 0 aromatic heterocycles. The van der Waals surface area contributed by atoms with Crippen LogP contribution in [0.1, 0.15) is 18.5 Å². The van der Waals surface area contributed by atoms with Gasteiger partial charge in [0.15, 0.2) is 6.10 Å². The molecule has 1 heterocycles. The second kappa shape index (κ2) is 5.47. The zero-order valence-corrected chi connectivity index (χ0v) is 11.4. The molecule has 3 rings (SSSR count). The Kier molecular flexibility index (Phi) is 3.52. The summed E-state index contributed by atoms with van der Waals surface area (Å²) in [4.78, 5) is 11.6. The third kappa shape index (κ3) is 2.89. The van der Waals surface area contributed by atoms with E-state index in [2.05, 4.69) is 41.7 Å². The molecule has 1 amide bonds. The van der Waals surface area contributed by atoms with Gasteiger partial charge >= 0.3 is 0 Å². The largest absolute Gasteiger partial charge is 0.363 e. The minimum atomic E-state index is -0.235. The molecule has 1 N–H and O–H groups in total. The van der Waals surface area contributed by atoms with Crippen LogP contribution in [0.15, 0.2) is 54.6 Å². The van der Waals surface area contributed by atoms with Gasteiger partial charge in [0, 0.05) is 0 Å². The van der Waals surface area contributed by atoms with E-state index in [1.165, 1.54) is 11.1 Å². The quantitative estimate of drug-likeness (QED) is 0.865. The molecule has 3 nitrogen and oxygen atoms in total. The molecule has 0 saturated carbocycles. The van der Waals surface area contributed by atoms with Crippen LogP contribution in [0.5, 0.6) is 0 Å². The summed E-state index contributed by atoms with van der Waals surface area (Å²) in [6.07, 6.45) is -0.235. The van der Waals surface area contributed by atoms with Gasteiger partial charge in [-0.15, -0.1) is 0 Å². The van der Waals surface area contributed by atoms with Crippen LogP contribution >= 0.6 is 0 Å². The van der Waals surface area contributed by atoms with Crippen molar-refractivity contribution in [3.63, 3.8) is 0 Å². The fourth-order valence-electron chi connectivity index (χ4n) is 2.18. The summed E-state index contributed by atoms with van der Waals surface area (Å²) in [5, 5.41) is 2.95. The van der Waals surface area contributed by atoms with Crippen molar-refractivity contribution in [3.8, 4) is 11.1 Å². The normalized spacial score (nSPS) is 18.4. The van der Waals surface area contributed by atoms with Crippen LogP contribution in [0.25, 0.3) is 11.1 Å². The summed E-state index contributed by atoms with van der Waals surface area (Å²) in [5.41, 5.74) is 3.47. The number of carbonyl (C=O) groups is 1. The molecule has 20 heavy (non-hydrogen) atoms. The summed E-state index contributed by atoms with van der Waals surface area (Å²) < 4.78 is 4.97. The maximum absolute atomic E-state index is 11.6. The maximum atomic E-state index is 11.6. The molecule has 2 aromatic rings. The molecule has 1 aliphatic rings. The van der Waals surface area contributed by atoms with Gasteiger partial charge in [0.2, 0.25) is 0 Å². The molecular weight excluding hydrogens is 250 g/mol. The van der Waals surface area contributed by atoms with Crippen LogP contribution in [0.4, 0.5) is 0 Å². The van der Waals surface area contributed by atoms with E-state index >= 15 is 0 Å². The van der Waals surface area contributed by atoms with Crippen molar-refractivity contribution < 1.29 is 9.53 Å². The SMILES string of the molecule is CC(NC(=O)C1CO1)c1ccc(-c2ccccc2)cc1. The third-order valence-electron chi connectivity index (χ3n) is 3.50. The molecule has 1 fully saturated rings. The van der Waals surface area contributed by atoms with Gasteiger partial charge in [0.1, 0.15) is 0 Å². The topological polar surface area (TPSA) is 41.6 Å². The van der Waals surface area contributed by atoms with Crippen LogP contribution in [0.2, 0.25) is 0 Å². The van der Waals surface area contributed by atoms with E-state index < -0.39 is 0 Å². The first-order valence-corrected chi connectivity index (χ1v) is 6.81. The Morgan fingerprint density at radius 3 is 2.30 bits per heavy atom. The van der Waals surface area contributed by atoms with E-state index in [1.54, 1.807) is 0 Å². The number of benzene rings is 2. The van der Waals surface area contributed by atoms with Crippen molar-refractivity contribution >= 4 is 5.91 Å². The van der Waals surface area contributed by atoms with Crippen molar-refractivity contribution in [2.75, 3.05) is 6.61 Å². The lowest BCUT2D eigenvalue weighted by Crippen LogP contribution is -2.30. The maximum Gasteiger partial charge on any atom is 0.252 e. The highest BCUT2D eigenvalue weighted by molar-refractivity contribution is 5.83. The Balaban J connectivity index is 1.70. The summed E-state index contributed by atoms with van der Waals surface area (Å²) in [6.45, 7) is 2.53. The highest BCUT2D eigenvalue weighted by atomic mass is 16.6. The predicted octanol–water partition coefficient (Wildman–Crippen LogP) is 2.93. The smallest absolute Gasteiger partial charge is 0.252 e. The first-order valence-electron chi connectivity index (χ1n) is 6.81. The molecule has 102 valence electrons. The minimum Gasteiger partial charge on any atom is -0.363 e. The van der Waals surface area contributed by atoms with Gasteiger partial charge in [-0.2, -0.15) is 0 Å². The van der Waals surface area contributed by atoms with Crippen LogP contribution in [-0.2, 0) is 9.53 Å². The highest BCUT2D eigenvalue weighted by Gasteiger charge is 2.31. The molecule has 3 heteroatoms. The number of ether oxygens (including phenoxy) is 1. The van der Waals surface area contributed by atoms with Crippen LogP contribution < -0.4 is 5.32 Å². The number of hydrogen-bond acceptors (Lipinski definition) is 2. The molecular formula is C17H17NO2. The van der Waals surface area contributed by atoms with Crippen molar-refractivity contribution in [3.05, 3.63) is 60.2 Å². The second-order valence-corrected chi connectivity index (χ2v) is 5.04. The Labute approximate surface area is 118 Å². The first kappa shape index (κ1) is 12.9. The Bertz CT molecular complexity index is 588. The lowest BCUT2D eigenvalue weighted by molar-refractivity contribution is -0.122. The zero-order chi connectivity index (χ0) is 13.9. The summed E-state index contributed by atoms with van der Waals surface area (Å²) >= 11 is 0. The molecule has 0 bridgehead atoms. The Morgan fingerprint density at radius 1 is 1.10 bits per heavy atom. The molecule has 2 aromatic carbocycles. The third-order valence-corrected chi connectivity index (χ3v) is 3.50. The average molecular weight is 267 g/mol. The van der Waals surface area contributed by atoms with Crippen molar-refractivity contribution in [2.45, 2.75) is 19.1 Å². The number of carbonyl (C=O) groups excluding carboxylic acids is 1. The van der Waals surface area contributed by atoms with Crippen LogP contribution in [0, 0.1) is 0 Å². The lowest BCUT2D eigenvalue weighted by atomic mass is 10.0. The van der Waals surface area contributed by atoms with Crippen LogP contribution in [0.3, 0.4) is 0 Å². The van der Waals surface area contributed by atoms with E-state index in [9.17, 15) is 4.79 Å².